The van der Waals surface area contributed by atoms with E-state index in [9.17, 15) is 0 Å². The monoisotopic (exact) mass is 273 g/mol. The topological polar surface area (TPSA) is 30.7 Å². The van der Waals surface area contributed by atoms with Crippen molar-refractivity contribution in [3.05, 3.63) is 12.2 Å². The van der Waals surface area contributed by atoms with E-state index < -0.39 is 0 Å². The Balaban J connectivity index is 2.25. The lowest BCUT2D eigenvalue weighted by molar-refractivity contribution is 0.583. The highest BCUT2D eigenvalue weighted by molar-refractivity contribution is 9.09. The molecule has 0 aromatic carbocycles. The highest BCUT2D eigenvalue weighted by Gasteiger charge is 2.05. The van der Waals surface area contributed by atoms with Crippen LogP contribution < -0.4 is 0 Å². The maximum absolute atomic E-state index is 4.27. The van der Waals surface area contributed by atoms with Gasteiger partial charge in [-0.15, -0.1) is 0 Å². The van der Waals surface area contributed by atoms with Gasteiger partial charge in [-0.3, -0.25) is 4.68 Å². The molecule has 1 aromatic rings. The van der Waals surface area contributed by atoms with Crippen molar-refractivity contribution in [3.8, 4) is 0 Å². The highest BCUT2D eigenvalue weighted by Crippen LogP contribution is 2.15. The zero-order chi connectivity index (χ0) is 11.1. The van der Waals surface area contributed by atoms with Crippen LogP contribution in [0.15, 0.2) is 6.33 Å². The van der Waals surface area contributed by atoms with Gasteiger partial charge in [-0.1, -0.05) is 29.3 Å². The van der Waals surface area contributed by atoms with Gasteiger partial charge in [0.25, 0.3) is 0 Å². The minimum absolute atomic E-state index is 0.667. The Bertz CT molecular complexity index is 273. The largest absolute Gasteiger partial charge is 0.250 e. The van der Waals surface area contributed by atoms with Crippen LogP contribution in [-0.2, 0) is 13.0 Å². The summed E-state index contributed by atoms with van der Waals surface area (Å²) in [5.74, 6) is 1.12. The van der Waals surface area contributed by atoms with Crippen LogP contribution in [0.3, 0.4) is 0 Å². The van der Waals surface area contributed by atoms with Crippen molar-refractivity contribution in [2.24, 2.45) is 0 Å². The number of aryl methyl sites for hydroxylation is 2. The number of alkyl halides is 1. The fourth-order valence-electron chi connectivity index (χ4n) is 1.69. The Hall–Kier alpha value is -0.380. The van der Waals surface area contributed by atoms with E-state index in [1.807, 2.05) is 4.68 Å². The second kappa shape index (κ2) is 6.99. The molecule has 86 valence electrons. The predicted octanol–water partition coefficient (Wildman–Crippen LogP) is 3.18. The molecule has 0 saturated carbocycles. The molecule has 1 aromatic heterocycles. The number of halogens is 1. The van der Waals surface area contributed by atoms with Gasteiger partial charge in [-0.25, -0.2) is 4.98 Å². The van der Waals surface area contributed by atoms with Gasteiger partial charge in [0, 0.05) is 17.8 Å². The Morgan fingerprint density at radius 1 is 1.40 bits per heavy atom. The predicted molar refractivity (Wildman–Crippen MR) is 66.3 cm³/mol. The minimum Gasteiger partial charge on any atom is -0.250 e. The van der Waals surface area contributed by atoms with E-state index in [4.69, 9.17) is 0 Å². The number of aromatic nitrogens is 3. The first kappa shape index (κ1) is 12.7. The average molecular weight is 274 g/mol. The summed E-state index contributed by atoms with van der Waals surface area (Å²) in [6.45, 7) is 5.24. The zero-order valence-corrected chi connectivity index (χ0v) is 11.2. The third kappa shape index (κ3) is 4.33. The van der Waals surface area contributed by atoms with Gasteiger partial charge in [-0.2, -0.15) is 5.10 Å². The molecule has 0 saturated heterocycles. The summed E-state index contributed by atoms with van der Waals surface area (Å²) in [4.78, 5) is 4.93. The number of hydrogen-bond acceptors (Lipinski definition) is 2. The molecule has 0 spiro atoms. The molecule has 1 atom stereocenters. The smallest absolute Gasteiger partial charge is 0.138 e. The van der Waals surface area contributed by atoms with Crippen LogP contribution in [0, 0.1) is 0 Å². The number of hydrogen-bond donors (Lipinski definition) is 0. The van der Waals surface area contributed by atoms with Gasteiger partial charge in [0.1, 0.15) is 12.2 Å². The second-order valence-corrected chi connectivity index (χ2v) is 5.07. The second-order valence-electron chi connectivity index (χ2n) is 3.77. The SMILES string of the molecule is CCCC(Br)CCCc1ncnn1CC. The summed E-state index contributed by atoms with van der Waals surface area (Å²) in [7, 11) is 0. The van der Waals surface area contributed by atoms with E-state index in [1.165, 1.54) is 25.7 Å². The van der Waals surface area contributed by atoms with Crippen LogP contribution in [0.25, 0.3) is 0 Å². The molecule has 0 aliphatic rings. The van der Waals surface area contributed by atoms with Crippen LogP contribution in [0.4, 0.5) is 0 Å². The van der Waals surface area contributed by atoms with Gasteiger partial charge in [0.2, 0.25) is 0 Å². The third-order valence-corrected chi connectivity index (χ3v) is 3.43. The van der Waals surface area contributed by atoms with Crippen molar-refractivity contribution >= 4 is 15.9 Å². The fraction of sp³-hybridized carbons (Fsp3) is 0.818. The number of rotatable bonds is 7. The summed E-state index contributed by atoms with van der Waals surface area (Å²) in [5, 5.41) is 4.16. The first-order valence-corrected chi connectivity index (χ1v) is 6.70. The van der Waals surface area contributed by atoms with Gasteiger partial charge in [0.15, 0.2) is 0 Å². The van der Waals surface area contributed by atoms with Crippen molar-refractivity contribution in [2.45, 2.75) is 57.3 Å². The molecule has 15 heavy (non-hydrogen) atoms. The molecule has 4 heteroatoms. The lowest BCUT2D eigenvalue weighted by atomic mass is 10.1. The van der Waals surface area contributed by atoms with E-state index in [2.05, 4.69) is 39.9 Å². The fourth-order valence-corrected chi connectivity index (χ4v) is 2.47. The molecular formula is C11H20BrN3. The Labute approximate surface area is 100 Å². The summed E-state index contributed by atoms with van der Waals surface area (Å²) in [5.41, 5.74) is 0. The maximum atomic E-state index is 4.27. The molecule has 0 N–H and O–H groups in total. The van der Waals surface area contributed by atoms with Crippen LogP contribution in [0.2, 0.25) is 0 Å². The van der Waals surface area contributed by atoms with Crippen LogP contribution in [0.5, 0.6) is 0 Å². The van der Waals surface area contributed by atoms with Crippen LogP contribution >= 0.6 is 15.9 Å². The Morgan fingerprint density at radius 2 is 2.20 bits per heavy atom. The van der Waals surface area contributed by atoms with Crippen molar-refractivity contribution in [3.63, 3.8) is 0 Å². The standard InChI is InChI=1S/C11H20BrN3/c1-3-6-10(12)7-5-8-11-13-9-14-15(11)4-2/h9-10H,3-8H2,1-2H3. The van der Waals surface area contributed by atoms with Crippen molar-refractivity contribution in [2.75, 3.05) is 0 Å². The van der Waals surface area contributed by atoms with Gasteiger partial charge in [-0.05, 0) is 26.2 Å². The van der Waals surface area contributed by atoms with E-state index in [0.717, 1.165) is 18.8 Å². The molecule has 0 aliphatic carbocycles. The average Bonchev–Trinajstić information content (AvgIpc) is 2.66. The highest BCUT2D eigenvalue weighted by atomic mass is 79.9. The third-order valence-electron chi connectivity index (χ3n) is 2.51. The van der Waals surface area contributed by atoms with E-state index >= 15 is 0 Å². The molecule has 1 rings (SSSR count). The van der Waals surface area contributed by atoms with E-state index in [1.54, 1.807) is 6.33 Å². The minimum atomic E-state index is 0.667. The van der Waals surface area contributed by atoms with Crippen molar-refractivity contribution in [1.82, 2.24) is 14.8 Å². The van der Waals surface area contributed by atoms with Crippen LogP contribution in [-0.4, -0.2) is 19.6 Å². The molecule has 0 aliphatic heterocycles. The van der Waals surface area contributed by atoms with Crippen molar-refractivity contribution < 1.29 is 0 Å². The summed E-state index contributed by atoms with van der Waals surface area (Å²) in [6.07, 6.45) is 7.62. The first-order chi connectivity index (χ1) is 7.27. The lowest BCUT2D eigenvalue weighted by Crippen LogP contribution is -2.05. The van der Waals surface area contributed by atoms with Gasteiger partial charge < -0.3 is 0 Å². The van der Waals surface area contributed by atoms with E-state index in [0.29, 0.717) is 4.83 Å². The van der Waals surface area contributed by atoms with E-state index in [-0.39, 0.29) is 0 Å². The lowest BCUT2D eigenvalue weighted by Gasteiger charge is -2.07. The quantitative estimate of drug-likeness (QED) is 0.715. The Morgan fingerprint density at radius 3 is 2.87 bits per heavy atom. The number of nitrogens with zero attached hydrogens (tertiary/aromatic N) is 3. The maximum Gasteiger partial charge on any atom is 0.138 e. The Kier molecular flexibility index (Phi) is 5.91. The molecule has 0 fully saturated rings. The zero-order valence-electron chi connectivity index (χ0n) is 9.62. The van der Waals surface area contributed by atoms with Crippen molar-refractivity contribution in [1.29, 1.82) is 0 Å². The molecule has 1 unspecified atom stereocenters. The summed E-state index contributed by atoms with van der Waals surface area (Å²) < 4.78 is 1.98. The molecule has 0 radical (unpaired) electrons. The van der Waals surface area contributed by atoms with Gasteiger partial charge >= 0.3 is 0 Å². The van der Waals surface area contributed by atoms with Crippen LogP contribution in [0.1, 0.15) is 45.4 Å². The normalized spacial score (nSPS) is 13.0. The molecule has 3 nitrogen and oxygen atoms in total. The molecule has 0 amide bonds. The summed E-state index contributed by atoms with van der Waals surface area (Å²) >= 11 is 3.70. The molecule has 0 bridgehead atoms. The van der Waals surface area contributed by atoms with Gasteiger partial charge in [0.05, 0.1) is 0 Å². The summed E-state index contributed by atoms with van der Waals surface area (Å²) in [6, 6.07) is 0. The molecule has 1 heterocycles. The first-order valence-electron chi connectivity index (χ1n) is 5.78. The molecular weight excluding hydrogens is 254 g/mol.